The van der Waals surface area contributed by atoms with Gasteiger partial charge in [-0.05, 0) is 29.0 Å². The van der Waals surface area contributed by atoms with Crippen molar-refractivity contribution in [2.24, 2.45) is 0 Å². The van der Waals surface area contributed by atoms with E-state index in [1.54, 1.807) is 7.11 Å². The largest absolute Gasteiger partial charge is 0.496 e. The van der Waals surface area contributed by atoms with Crippen LogP contribution in [-0.2, 0) is 6.42 Å². The smallest absolute Gasteiger partial charge is 0.127 e. The third-order valence-electron chi connectivity index (χ3n) is 2.98. The molecule has 0 atom stereocenters. The zero-order valence-corrected chi connectivity index (χ0v) is 8.66. The van der Waals surface area contributed by atoms with E-state index in [2.05, 4.69) is 30.4 Å². The van der Waals surface area contributed by atoms with Crippen molar-refractivity contribution in [2.45, 2.75) is 6.42 Å². The Bertz CT molecular complexity index is 553. The van der Waals surface area contributed by atoms with E-state index in [-0.39, 0.29) is 0 Å². The van der Waals surface area contributed by atoms with Gasteiger partial charge in [-0.3, -0.25) is 0 Å². The molecule has 1 aliphatic carbocycles. The average molecular weight is 196 g/mol. The van der Waals surface area contributed by atoms with Gasteiger partial charge >= 0.3 is 0 Å². The molecule has 15 heavy (non-hydrogen) atoms. The summed E-state index contributed by atoms with van der Waals surface area (Å²) >= 11 is 0. The molecular weight excluding hydrogens is 184 g/mol. The van der Waals surface area contributed by atoms with Gasteiger partial charge in [0.1, 0.15) is 5.75 Å². The summed E-state index contributed by atoms with van der Waals surface area (Å²) in [7, 11) is 1.73. The van der Waals surface area contributed by atoms with Gasteiger partial charge < -0.3 is 4.74 Å². The highest BCUT2D eigenvalue weighted by Gasteiger charge is 2.11. The van der Waals surface area contributed by atoms with Crippen LogP contribution < -0.4 is 4.74 Å². The lowest BCUT2D eigenvalue weighted by Gasteiger charge is -2.09. The zero-order valence-electron chi connectivity index (χ0n) is 8.66. The molecule has 0 amide bonds. The quantitative estimate of drug-likeness (QED) is 0.679. The van der Waals surface area contributed by atoms with Gasteiger partial charge in [0.15, 0.2) is 0 Å². The van der Waals surface area contributed by atoms with E-state index in [0.29, 0.717) is 0 Å². The minimum Gasteiger partial charge on any atom is -0.496 e. The molecule has 0 radical (unpaired) electrons. The van der Waals surface area contributed by atoms with Crippen molar-refractivity contribution >= 4 is 16.8 Å². The topological polar surface area (TPSA) is 9.23 Å². The van der Waals surface area contributed by atoms with Crippen LogP contribution in [0.15, 0.2) is 36.4 Å². The molecule has 0 unspecified atom stereocenters. The van der Waals surface area contributed by atoms with Crippen LogP contribution in [-0.4, -0.2) is 7.11 Å². The van der Waals surface area contributed by atoms with Crippen LogP contribution in [0.2, 0.25) is 0 Å². The number of rotatable bonds is 1. The van der Waals surface area contributed by atoms with Gasteiger partial charge in [-0.15, -0.1) is 0 Å². The Morgan fingerprint density at radius 1 is 1.13 bits per heavy atom. The van der Waals surface area contributed by atoms with Crippen LogP contribution in [0.3, 0.4) is 0 Å². The van der Waals surface area contributed by atoms with Crippen LogP contribution in [0.25, 0.3) is 16.8 Å². The van der Waals surface area contributed by atoms with E-state index in [0.717, 1.165) is 12.2 Å². The fourth-order valence-electron chi connectivity index (χ4n) is 2.26. The van der Waals surface area contributed by atoms with E-state index in [4.69, 9.17) is 4.74 Å². The SMILES string of the molecule is COc1cccc2ccc3c(c12)C=CC3. The van der Waals surface area contributed by atoms with E-state index >= 15 is 0 Å². The molecule has 1 heteroatoms. The minimum absolute atomic E-state index is 0.968. The van der Waals surface area contributed by atoms with Crippen LogP contribution in [0.1, 0.15) is 11.1 Å². The lowest BCUT2D eigenvalue weighted by atomic mass is 10.0. The van der Waals surface area contributed by atoms with E-state index in [9.17, 15) is 0 Å². The monoisotopic (exact) mass is 196 g/mol. The van der Waals surface area contributed by atoms with Gasteiger partial charge in [0.05, 0.1) is 7.11 Å². The highest BCUT2D eigenvalue weighted by atomic mass is 16.5. The first-order valence-corrected chi connectivity index (χ1v) is 5.15. The molecule has 1 aliphatic rings. The summed E-state index contributed by atoms with van der Waals surface area (Å²) in [5.74, 6) is 0.968. The molecule has 0 heterocycles. The minimum atomic E-state index is 0.968. The molecule has 0 spiro atoms. The Balaban J connectivity index is 2.46. The Hall–Kier alpha value is -1.76. The van der Waals surface area contributed by atoms with Crippen LogP contribution in [0.5, 0.6) is 5.75 Å². The van der Waals surface area contributed by atoms with Crippen molar-refractivity contribution in [3.8, 4) is 5.75 Å². The van der Waals surface area contributed by atoms with Crippen molar-refractivity contribution in [1.29, 1.82) is 0 Å². The summed E-state index contributed by atoms with van der Waals surface area (Å²) in [6, 6.07) is 10.6. The standard InChI is InChI=1S/C14H12O/c1-15-13-7-3-5-11-9-8-10-4-2-6-12(10)14(11)13/h2-3,5-9H,4H2,1H3. The van der Waals surface area contributed by atoms with Gasteiger partial charge in [0, 0.05) is 5.39 Å². The van der Waals surface area contributed by atoms with Crippen LogP contribution in [0, 0.1) is 0 Å². The normalized spacial score (nSPS) is 13.1. The lowest BCUT2D eigenvalue weighted by molar-refractivity contribution is 0.420. The molecule has 0 bridgehead atoms. The van der Waals surface area contributed by atoms with E-state index < -0.39 is 0 Å². The first kappa shape index (κ1) is 8.54. The number of hydrogen-bond acceptors (Lipinski definition) is 1. The number of allylic oxidation sites excluding steroid dienone is 1. The lowest BCUT2D eigenvalue weighted by Crippen LogP contribution is -1.89. The van der Waals surface area contributed by atoms with Crippen molar-refractivity contribution in [2.75, 3.05) is 7.11 Å². The molecule has 0 N–H and O–H groups in total. The van der Waals surface area contributed by atoms with Crippen molar-refractivity contribution in [1.82, 2.24) is 0 Å². The van der Waals surface area contributed by atoms with Crippen molar-refractivity contribution in [3.63, 3.8) is 0 Å². The Labute approximate surface area is 89.0 Å². The molecule has 74 valence electrons. The Kier molecular flexibility index (Phi) is 1.78. The van der Waals surface area contributed by atoms with Crippen LogP contribution >= 0.6 is 0 Å². The summed E-state index contributed by atoms with van der Waals surface area (Å²) in [5, 5.41) is 2.49. The maximum Gasteiger partial charge on any atom is 0.127 e. The molecule has 2 aromatic rings. The van der Waals surface area contributed by atoms with Gasteiger partial charge in [0.2, 0.25) is 0 Å². The predicted octanol–water partition coefficient (Wildman–Crippen LogP) is 3.42. The third-order valence-corrected chi connectivity index (χ3v) is 2.98. The first-order chi connectivity index (χ1) is 7.40. The van der Waals surface area contributed by atoms with Gasteiger partial charge in [-0.1, -0.05) is 36.4 Å². The Morgan fingerprint density at radius 2 is 2.07 bits per heavy atom. The van der Waals surface area contributed by atoms with E-state index in [1.165, 1.54) is 21.9 Å². The molecule has 0 aromatic heterocycles. The van der Waals surface area contributed by atoms with Crippen molar-refractivity contribution in [3.05, 3.63) is 47.5 Å². The number of ether oxygens (including phenoxy) is 1. The Morgan fingerprint density at radius 3 is 2.93 bits per heavy atom. The number of benzene rings is 2. The summed E-state index contributed by atoms with van der Waals surface area (Å²) in [5.41, 5.74) is 2.72. The molecule has 0 saturated carbocycles. The predicted molar refractivity (Wildman–Crippen MR) is 63.2 cm³/mol. The van der Waals surface area contributed by atoms with Gasteiger partial charge in [0.25, 0.3) is 0 Å². The second kappa shape index (κ2) is 3.13. The molecule has 0 saturated heterocycles. The van der Waals surface area contributed by atoms with Crippen LogP contribution in [0.4, 0.5) is 0 Å². The molecule has 2 aromatic carbocycles. The number of hydrogen-bond donors (Lipinski definition) is 0. The second-order valence-electron chi connectivity index (χ2n) is 3.80. The fraction of sp³-hybridized carbons (Fsp3) is 0.143. The third kappa shape index (κ3) is 1.16. The fourth-order valence-corrected chi connectivity index (χ4v) is 2.26. The molecule has 3 rings (SSSR count). The number of fused-ring (bicyclic) bond motifs is 3. The summed E-state index contributed by atoms with van der Waals surface area (Å²) in [4.78, 5) is 0. The number of methoxy groups -OCH3 is 1. The molecule has 0 aliphatic heterocycles. The summed E-state index contributed by atoms with van der Waals surface area (Å²) in [6.45, 7) is 0. The highest BCUT2D eigenvalue weighted by molar-refractivity contribution is 5.97. The van der Waals surface area contributed by atoms with E-state index in [1.807, 2.05) is 12.1 Å². The van der Waals surface area contributed by atoms with Crippen molar-refractivity contribution < 1.29 is 4.74 Å². The van der Waals surface area contributed by atoms with Gasteiger partial charge in [-0.2, -0.15) is 0 Å². The maximum atomic E-state index is 5.42. The molecule has 1 nitrogen and oxygen atoms in total. The molecular formula is C14H12O. The first-order valence-electron chi connectivity index (χ1n) is 5.15. The zero-order chi connectivity index (χ0) is 10.3. The molecule has 0 fully saturated rings. The summed E-state index contributed by atoms with van der Waals surface area (Å²) in [6.07, 6.45) is 5.44. The average Bonchev–Trinajstić information content (AvgIpc) is 2.76. The summed E-state index contributed by atoms with van der Waals surface area (Å²) < 4.78 is 5.42. The van der Waals surface area contributed by atoms with Gasteiger partial charge in [-0.25, -0.2) is 0 Å². The second-order valence-corrected chi connectivity index (χ2v) is 3.80. The highest BCUT2D eigenvalue weighted by Crippen LogP contribution is 2.34. The maximum absolute atomic E-state index is 5.42.